The highest BCUT2D eigenvalue weighted by molar-refractivity contribution is 5.44. The molecule has 12 heavy (non-hydrogen) atoms. The molecule has 0 bridgehead atoms. The maximum atomic E-state index is 11.2. The van der Waals surface area contributed by atoms with Gasteiger partial charge < -0.3 is 4.98 Å². The Balaban J connectivity index is 2.39. The van der Waals surface area contributed by atoms with Crippen molar-refractivity contribution in [3.05, 3.63) is 35.2 Å². The zero-order valence-corrected chi connectivity index (χ0v) is 6.32. The van der Waals surface area contributed by atoms with Gasteiger partial charge in [0.2, 0.25) is 0 Å². The lowest BCUT2D eigenvalue weighted by atomic mass is 10.5. The van der Waals surface area contributed by atoms with E-state index in [1.807, 2.05) is 6.08 Å². The molecule has 1 aromatic heterocycles. The van der Waals surface area contributed by atoms with Gasteiger partial charge >= 0.3 is 0 Å². The SMILES string of the molecule is O=c1[nH]cncc1N1C=CCN1. The Bertz CT molecular complexity index is 356. The Labute approximate surface area is 68.7 Å². The van der Waals surface area contributed by atoms with Gasteiger partial charge in [0.25, 0.3) is 5.56 Å². The largest absolute Gasteiger partial charge is 0.311 e. The number of hydrogen-bond acceptors (Lipinski definition) is 4. The van der Waals surface area contributed by atoms with Crippen molar-refractivity contribution in [1.29, 1.82) is 0 Å². The molecule has 2 heterocycles. The molecule has 0 fully saturated rings. The molecule has 0 amide bonds. The summed E-state index contributed by atoms with van der Waals surface area (Å²) in [5, 5.41) is 1.64. The highest BCUT2D eigenvalue weighted by Gasteiger charge is 2.09. The van der Waals surface area contributed by atoms with E-state index in [0.29, 0.717) is 5.69 Å². The van der Waals surface area contributed by atoms with Crippen LogP contribution >= 0.6 is 0 Å². The van der Waals surface area contributed by atoms with E-state index in [2.05, 4.69) is 15.4 Å². The normalized spacial score (nSPS) is 15.5. The summed E-state index contributed by atoms with van der Waals surface area (Å²) in [5.41, 5.74) is 3.33. The van der Waals surface area contributed by atoms with Crippen LogP contribution in [0.1, 0.15) is 0 Å². The summed E-state index contributed by atoms with van der Waals surface area (Å²) in [6.45, 7) is 0.744. The van der Waals surface area contributed by atoms with Gasteiger partial charge in [-0.2, -0.15) is 0 Å². The molecule has 1 aromatic rings. The van der Waals surface area contributed by atoms with Crippen LogP contribution in [0.4, 0.5) is 5.69 Å². The van der Waals surface area contributed by atoms with E-state index in [0.717, 1.165) is 6.54 Å². The molecular formula is C7H8N4O. The van der Waals surface area contributed by atoms with E-state index in [9.17, 15) is 4.79 Å². The Morgan fingerprint density at radius 2 is 2.50 bits per heavy atom. The van der Waals surface area contributed by atoms with Crippen LogP contribution in [0.5, 0.6) is 0 Å². The van der Waals surface area contributed by atoms with E-state index in [4.69, 9.17) is 0 Å². The summed E-state index contributed by atoms with van der Waals surface area (Å²) in [4.78, 5) is 17.5. The summed E-state index contributed by atoms with van der Waals surface area (Å²) >= 11 is 0. The average Bonchev–Trinajstić information content (AvgIpc) is 2.57. The predicted octanol–water partition coefficient (Wildman–Crippen LogP) is -0.392. The van der Waals surface area contributed by atoms with Crippen molar-refractivity contribution in [1.82, 2.24) is 15.4 Å². The summed E-state index contributed by atoms with van der Waals surface area (Å²) in [6.07, 6.45) is 6.60. The topological polar surface area (TPSA) is 61.0 Å². The molecular weight excluding hydrogens is 156 g/mol. The van der Waals surface area contributed by atoms with Gasteiger partial charge in [-0.05, 0) is 0 Å². The molecule has 5 heteroatoms. The summed E-state index contributed by atoms with van der Waals surface area (Å²) in [5.74, 6) is 0. The molecule has 0 aromatic carbocycles. The monoisotopic (exact) mass is 164 g/mol. The second-order valence-corrected chi connectivity index (χ2v) is 2.38. The van der Waals surface area contributed by atoms with Crippen LogP contribution < -0.4 is 16.0 Å². The third kappa shape index (κ3) is 1.10. The maximum Gasteiger partial charge on any atom is 0.276 e. The Morgan fingerprint density at radius 3 is 3.17 bits per heavy atom. The van der Waals surface area contributed by atoms with Crippen LogP contribution in [-0.4, -0.2) is 16.5 Å². The fourth-order valence-electron chi connectivity index (χ4n) is 1.04. The lowest BCUT2D eigenvalue weighted by molar-refractivity contribution is 0.803. The van der Waals surface area contributed by atoms with Crippen LogP contribution in [0.2, 0.25) is 0 Å². The van der Waals surface area contributed by atoms with Crippen molar-refractivity contribution in [2.75, 3.05) is 11.6 Å². The predicted molar refractivity (Wildman–Crippen MR) is 44.5 cm³/mol. The fourth-order valence-corrected chi connectivity index (χ4v) is 1.04. The highest BCUT2D eigenvalue weighted by Crippen LogP contribution is 2.04. The second kappa shape index (κ2) is 2.78. The first-order chi connectivity index (χ1) is 5.88. The molecule has 2 N–H and O–H groups in total. The zero-order chi connectivity index (χ0) is 8.39. The smallest absolute Gasteiger partial charge is 0.276 e. The van der Waals surface area contributed by atoms with Crippen LogP contribution in [0.25, 0.3) is 0 Å². The third-order valence-corrected chi connectivity index (χ3v) is 1.59. The van der Waals surface area contributed by atoms with Crippen LogP contribution in [-0.2, 0) is 0 Å². The van der Waals surface area contributed by atoms with Gasteiger partial charge in [-0.1, -0.05) is 6.08 Å². The first-order valence-corrected chi connectivity index (χ1v) is 3.60. The zero-order valence-electron chi connectivity index (χ0n) is 6.32. The van der Waals surface area contributed by atoms with E-state index in [1.165, 1.54) is 12.5 Å². The molecule has 1 aliphatic heterocycles. The van der Waals surface area contributed by atoms with Crippen molar-refractivity contribution in [2.24, 2.45) is 0 Å². The van der Waals surface area contributed by atoms with Crippen molar-refractivity contribution in [3.63, 3.8) is 0 Å². The van der Waals surface area contributed by atoms with Gasteiger partial charge in [-0.3, -0.25) is 9.80 Å². The van der Waals surface area contributed by atoms with Crippen molar-refractivity contribution in [2.45, 2.75) is 0 Å². The molecule has 0 radical (unpaired) electrons. The Hall–Kier alpha value is -1.62. The number of anilines is 1. The first-order valence-electron chi connectivity index (χ1n) is 3.60. The standard InChI is InChI=1S/C7H8N4O/c12-7-6(4-8-5-9-7)11-3-1-2-10-11/h1,3-5,10H,2H2,(H,8,9,12). The van der Waals surface area contributed by atoms with Gasteiger partial charge in [-0.15, -0.1) is 0 Å². The molecule has 0 saturated carbocycles. The van der Waals surface area contributed by atoms with Crippen molar-refractivity contribution < 1.29 is 0 Å². The lowest BCUT2D eigenvalue weighted by Crippen LogP contribution is -2.32. The number of rotatable bonds is 1. The van der Waals surface area contributed by atoms with E-state index >= 15 is 0 Å². The van der Waals surface area contributed by atoms with Gasteiger partial charge in [0.15, 0.2) is 0 Å². The molecule has 0 atom stereocenters. The van der Waals surface area contributed by atoms with Gasteiger partial charge in [-0.25, -0.2) is 10.4 Å². The first kappa shape index (κ1) is 7.05. The average molecular weight is 164 g/mol. The number of hydrazine groups is 1. The molecule has 62 valence electrons. The maximum absolute atomic E-state index is 11.2. The third-order valence-electron chi connectivity index (χ3n) is 1.59. The van der Waals surface area contributed by atoms with Gasteiger partial charge in [0, 0.05) is 12.7 Å². The number of hydrogen-bond donors (Lipinski definition) is 2. The number of aromatic nitrogens is 2. The number of nitrogens with zero attached hydrogens (tertiary/aromatic N) is 2. The van der Waals surface area contributed by atoms with Gasteiger partial charge in [0.05, 0.1) is 12.5 Å². The molecule has 2 rings (SSSR count). The Kier molecular flexibility index (Phi) is 1.64. The van der Waals surface area contributed by atoms with E-state index < -0.39 is 0 Å². The van der Waals surface area contributed by atoms with Crippen molar-refractivity contribution in [3.8, 4) is 0 Å². The lowest BCUT2D eigenvalue weighted by Gasteiger charge is -2.13. The van der Waals surface area contributed by atoms with Crippen LogP contribution in [0.3, 0.4) is 0 Å². The number of aromatic amines is 1. The van der Waals surface area contributed by atoms with E-state index in [-0.39, 0.29) is 5.56 Å². The Morgan fingerprint density at radius 1 is 1.58 bits per heavy atom. The minimum Gasteiger partial charge on any atom is -0.311 e. The number of H-pyrrole nitrogens is 1. The summed E-state index contributed by atoms with van der Waals surface area (Å²) < 4.78 is 0. The van der Waals surface area contributed by atoms with Crippen molar-refractivity contribution >= 4 is 5.69 Å². The second-order valence-electron chi connectivity index (χ2n) is 2.38. The quantitative estimate of drug-likeness (QED) is 0.593. The van der Waals surface area contributed by atoms with Crippen LogP contribution in [0, 0.1) is 0 Å². The molecule has 0 unspecified atom stereocenters. The summed E-state index contributed by atoms with van der Waals surface area (Å²) in [6, 6.07) is 0. The summed E-state index contributed by atoms with van der Waals surface area (Å²) in [7, 11) is 0. The number of nitrogens with one attached hydrogen (secondary N) is 2. The van der Waals surface area contributed by atoms with Crippen LogP contribution in [0.15, 0.2) is 29.6 Å². The highest BCUT2D eigenvalue weighted by atomic mass is 16.1. The molecule has 5 nitrogen and oxygen atoms in total. The van der Waals surface area contributed by atoms with Gasteiger partial charge in [0.1, 0.15) is 5.69 Å². The molecule has 1 aliphatic rings. The fraction of sp³-hybridized carbons (Fsp3) is 0.143. The minimum atomic E-state index is -0.149. The molecule has 0 aliphatic carbocycles. The molecule has 0 spiro atoms. The minimum absolute atomic E-state index is 0.149. The molecule has 0 saturated heterocycles. The van der Waals surface area contributed by atoms with E-state index in [1.54, 1.807) is 11.2 Å².